The highest BCUT2D eigenvalue weighted by Crippen LogP contribution is 2.24. The number of nitrogens with one attached hydrogen (secondary N) is 1. The van der Waals surface area contributed by atoms with Crippen molar-refractivity contribution in [3.05, 3.63) is 22.6 Å². The van der Waals surface area contributed by atoms with Crippen LogP contribution < -0.4 is 5.32 Å². The maximum absolute atomic E-state index is 12.1. The van der Waals surface area contributed by atoms with E-state index < -0.39 is 0 Å². The number of furan rings is 1. The van der Waals surface area contributed by atoms with Crippen molar-refractivity contribution in [2.75, 3.05) is 19.1 Å². The van der Waals surface area contributed by atoms with Crippen LogP contribution in [-0.2, 0) is 4.74 Å². The smallest absolute Gasteiger partial charge is 0.256 e. The van der Waals surface area contributed by atoms with E-state index in [0.29, 0.717) is 29.3 Å². The number of hydrogen-bond donors (Lipinski definition) is 1. The molecule has 4 nitrogen and oxygen atoms in total. The van der Waals surface area contributed by atoms with Gasteiger partial charge in [0.2, 0.25) is 0 Å². The van der Waals surface area contributed by atoms with Crippen LogP contribution in [0.1, 0.15) is 23.2 Å². The van der Waals surface area contributed by atoms with Crippen LogP contribution in [0, 0.1) is 0 Å². The number of amides is 1. The number of rotatable bonds is 3. The molecule has 2 rings (SSSR count). The molecule has 2 heterocycles. The molecule has 0 aliphatic carbocycles. The van der Waals surface area contributed by atoms with Crippen LogP contribution in [0.5, 0.6) is 0 Å². The molecule has 1 N–H and O–H groups in total. The zero-order chi connectivity index (χ0) is 12.3. The summed E-state index contributed by atoms with van der Waals surface area (Å²) < 4.78 is 10.8. The van der Waals surface area contributed by atoms with E-state index in [-0.39, 0.29) is 11.4 Å². The summed E-state index contributed by atoms with van der Waals surface area (Å²) in [5.74, 6) is 0.213. The summed E-state index contributed by atoms with van der Waals surface area (Å²) in [6, 6.07) is 1.63. The number of halogens is 2. The van der Waals surface area contributed by atoms with Gasteiger partial charge in [0.25, 0.3) is 5.91 Å². The third-order valence-electron chi connectivity index (χ3n) is 2.95. The maximum Gasteiger partial charge on any atom is 0.256 e. The Balaban J connectivity index is 2.08. The Morgan fingerprint density at radius 1 is 1.53 bits per heavy atom. The van der Waals surface area contributed by atoms with E-state index in [1.807, 2.05) is 0 Å². The second kappa shape index (κ2) is 5.42. The number of carbonyl (C=O) groups excluding carboxylic acids is 1. The normalized spacial score (nSPS) is 18.9. The largest absolute Gasteiger partial charge is 0.457 e. The lowest BCUT2D eigenvalue weighted by molar-refractivity contribution is 0.0433. The predicted octanol–water partition coefficient (Wildman–Crippen LogP) is 2.56. The van der Waals surface area contributed by atoms with Gasteiger partial charge in [0, 0.05) is 19.1 Å². The van der Waals surface area contributed by atoms with Gasteiger partial charge in [0.05, 0.1) is 17.4 Å². The summed E-state index contributed by atoms with van der Waals surface area (Å²) in [5.41, 5.74) is 0.120. The number of hydrogen-bond acceptors (Lipinski definition) is 3. The first-order valence-electron chi connectivity index (χ1n) is 5.36. The van der Waals surface area contributed by atoms with Crippen molar-refractivity contribution >= 4 is 33.4 Å². The van der Waals surface area contributed by atoms with Gasteiger partial charge < -0.3 is 14.5 Å². The lowest BCUT2D eigenvalue weighted by atomic mass is 9.92. The van der Waals surface area contributed by atoms with Gasteiger partial charge in [-0.25, -0.2) is 0 Å². The van der Waals surface area contributed by atoms with Crippen molar-refractivity contribution in [3.8, 4) is 0 Å². The zero-order valence-electron chi connectivity index (χ0n) is 9.17. The minimum Gasteiger partial charge on any atom is -0.457 e. The minimum absolute atomic E-state index is 0.173. The second-order valence-corrected chi connectivity index (χ2v) is 5.08. The molecule has 0 aromatic carbocycles. The van der Waals surface area contributed by atoms with Crippen molar-refractivity contribution in [2.24, 2.45) is 0 Å². The summed E-state index contributed by atoms with van der Waals surface area (Å²) in [6.45, 7) is 1.25. The van der Waals surface area contributed by atoms with Gasteiger partial charge in [-0.15, -0.1) is 11.6 Å². The Labute approximate surface area is 113 Å². The molecule has 1 aromatic heterocycles. The fourth-order valence-electron chi connectivity index (χ4n) is 1.82. The summed E-state index contributed by atoms with van der Waals surface area (Å²) in [5, 5.41) is 2.98. The highest BCUT2D eigenvalue weighted by atomic mass is 79.9. The Morgan fingerprint density at radius 3 is 2.76 bits per heavy atom. The van der Waals surface area contributed by atoms with Crippen LogP contribution in [0.3, 0.4) is 0 Å². The van der Waals surface area contributed by atoms with E-state index in [1.54, 1.807) is 6.07 Å². The molecule has 6 heteroatoms. The molecular formula is C11H13BrClNO3. The van der Waals surface area contributed by atoms with Gasteiger partial charge in [0.15, 0.2) is 4.67 Å². The minimum atomic E-state index is -0.367. The number of alkyl halides is 1. The van der Waals surface area contributed by atoms with Crippen LogP contribution in [0.4, 0.5) is 0 Å². The molecule has 0 bridgehead atoms. The molecule has 0 unspecified atom stereocenters. The Morgan fingerprint density at radius 2 is 2.24 bits per heavy atom. The monoisotopic (exact) mass is 321 g/mol. The maximum atomic E-state index is 12.1. The molecular weight excluding hydrogens is 309 g/mol. The first-order valence-corrected chi connectivity index (χ1v) is 6.69. The van der Waals surface area contributed by atoms with Gasteiger partial charge in [-0.05, 0) is 34.8 Å². The summed E-state index contributed by atoms with van der Waals surface area (Å²) in [6.07, 6.45) is 2.94. The first kappa shape index (κ1) is 12.9. The van der Waals surface area contributed by atoms with Gasteiger partial charge >= 0.3 is 0 Å². The van der Waals surface area contributed by atoms with Crippen LogP contribution in [0.25, 0.3) is 0 Å². The molecule has 0 atom stereocenters. The average Bonchev–Trinajstić information content (AvgIpc) is 2.77. The average molecular weight is 323 g/mol. The van der Waals surface area contributed by atoms with Gasteiger partial charge in [-0.3, -0.25) is 4.79 Å². The molecule has 1 aromatic rings. The van der Waals surface area contributed by atoms with E-state index in [9.17, 15) is 4.79 Å². The molecule has 94 valence electrons. The summed E-state index contributed by atoms with van der Waals surface area (Å²) in [4.78, 5) is 12.1. The first-order chi connectivity index (χ1) is 8.17. The zero-order valence-corrected chi connectivity index (χ0v) is 11.5. The molecule has 0 saturated carbocycles. The molecule has 0 spiro atoms. The lowest BCUT2D eigenvalue weighted by Gasteiger charge is -2.36. The number of ether oxygens (including phenoxy) is 1. The number of carbonyl (C=O) groups is 1. The van der Waals surface area contributed by atoms with Gasteiger partial charge in [-0.1, -0.05) is 0 Å². The molecule has 1 fully saturated rings. The molecule has 17 heavy (non-hydrogen) atoms. The van der Waals surface area contributed by atoms with E-state index in [4.69, 9.17) is 20.8 Å². The molecule has 0 radical (unpaired) electrons. The summed E-state index contributed by atoms with van der Waals surface area (Å²) in [7, 11) is 0. The highest BCUT2D eigenvalue weighted by molar-refractivity contribution is 9.10. The third kappa shape index (κ3) is 2.84. The van der Waals surface area contributed by atoms with Crippen molar-refractivity contribution in [1.29, 1.82) is 0 Å². The fraction of sp³-hybridized carbons (Fsp3) is 0.545. The van der Waals surface area contributed by atoms with E-state index >= 15 is 0 Å². The van der Waals surface area contributed by atoms with Crippen molar-refractivity contribution in [1.82, 2.24) is 5.32 Å². The molecule has 1 saturated heterocycles. The Kier molecular flexibility index (Phi) is 4.12. The molecule has 1 aliphatic heterocycles. The van der Waals surface area contributed by atoms with E-state index in [0.717, 1.165) is 12.8 Å². The fourth-order valence-corrected chi connectivity index (χ4v) is 2.57. The Hall–Kier alpha value is -0.520. The molecule has 1 amide bonds. The van der Waals surface area contributed by atoms with E-state index in [2.05, 4.69) is 21.2 Å². The van der Waals surface area contributed by atoms with E-state index in [1.165, 1.54) is 6.26 Å². The lowest BCUT2D eigenvalue weighted by Crippen LogP contribution is -2.53. The van der Waals surface area contributed by atoms with Crippen LogP contribution in [-0.4, -0.2) is 30.5 Å². The highest BCUT2D eigenvalue weighted by Gasteiger charge is 2.34. The SMILES string of the molecule is O=C(NC1(CCl)CCOCC1)c1ccoc1Br. The van der Waals surface area contributed by atoms with Crippen molar-refractivity contribution < 1.29 is 13.9 Å². The van der Waals surface area contributed by atoms with Crippen molar-refractivity contribution in [3.63, 3.8) is 0 Å². The van der Waals surface area contributed by atoms with Gasteiger partial charge in [0.1, 0.15) is 0 Å². The molecule has 1 aliphatic rings. The van der Waals surface area contributed by atoms with Crippen LogP contribution in [0.15, 0.2) is 21.4 Å². The van der Waals surface area contributed by atoms with Crippen molar-refractivity contribution in [2.45, 2.75) is 18.4 Å². The Bertz CT molecular complexity index is 401. The van der Waals surface area contributed by atoms with Crippen LogP contribution in [0.2, 0.25) is 0 Å². The summed E-state index contributed by atoms with van der Waals surface area (Å²) >= 11 is 9.16. The second-order valence-electron chi connectivity index (χ2n) is 4.09. The van der Waals surface area contributed by atoms with Gasteiger partial charge in [-0.2, -0.15) is 0 Å². The quantitative estimate of drug-likeness (QED) is 0.870. The predicted molar refractivity (Wildman–Crippen MR) is 67.4 cm³/mol. The standard InChI is InChI=1S/C11H13BrClNO3/c12-9-8(1-4-17-9)10(15)14-11(7-13)2-5-16-6-3-11/h1,4H,2-3,5-7H2,(H,14,15). The topological polar surface area (TPSA) is 51.5 Å². The third-order valence-corrected chi connectivity index (χ3v) is 4.07. The van der Waals surface area contributed by atoms with Crippen LogP contribution >= 0.6 is 27.5 Å².